The maximum atomic E-state index is 12.3. The Morgan fingerprint density at radius 1 is 1.19 bits per heavy atom. The fourth-order valence-electron chi connectivity index (χ4n) is 2.80. The Hall–Kier alpha value is -0.570. The Kier molecular flexibility index (Phi) is 3.85. The first kappa shape index (κ1) is 11.9. The van der Waals surface area contributed by atoms with Crippen LogP contribution in [-0.4, -0.2) is 37.1 Å². The van der Waals surface area contributed by atoms with E-state index in [0.29, 0.717) is 11.9 Å². The van der Waals surface area contributed by atoms with E-state index in [0.717, 1.165) is 38.4 Å². The lowest BCUT2D eigenvalue weighted by Crippen LogP contribution is -2.41. The summed E-state index contributed by atoms with van der Waals surface area (Å²) in [5, 5.41) is 0. The zero-order valence-electron chi connectivity index (χ0n) is 10.4. The molecule has 2 rings (SSSR count). The third-order valence-corrected chi connectivity index (χ3v) is 4.17. The summed E-state index contributed by atoms with van der Waals surface area (Å²) in [7, 11) is 1.94. The molecule has 1 saturated heterocycles. The van der Waals surface area contributed by atoms with Crippen molar-refractivity contribution in [1.82, 2.24) is 4.90 Å². The lowest BCUT2D eigenvalue weighted by Gasteiger charge is -2.31. The molecule has 2 fully saturated rings. The Bertz CT molecular complexity index is 240. The van der Waals surface area contributed by atoms with E-state index in [1.165, 1.54) is 12.8 Å². The largest absolute Gasteiger partial charge is 0.379 e. The number of carbonyl (C=O) groups excluding carboxylic acids is 1. The third-order valence-electron chi connectivity index (χ3n) is 4.17. The van der Waals surface area contributed by atoms with E-state index in [9.17, 15) is 4.79 Å². The van der Waals surface area contributed by atoms with E-state index in [-0.39, 0.29) is 5.92 Å². The molecule has 1 atom stereocenters. The normalized spacial score (nSPS) is 35.0. The number of amides is 1. The first-order valence-electron chi connectivity index (χ1n) is 6.53. The molecule has 1 saturated carbocycles. The number of rotatable bonds is 2. The standard InChI is InChI=1S/C13H23NO2/c1-10-3-5-11(6-4-10)13(15)14(2)12-7-8-16-9-12/h10-12H,3-9H2,1-2H3. The predicted octanol–water partition coefficient (Wildman–Crippen LogP) is 2.06. The third kappa shape index (κ3) is 2.57. The Labute approximate surface area is 98.1 Å². The van der Waals surface area contributed by atoms with Crippen LogP contribution in [-0.2, 0) is 9.53 Å². The van der Waals surface area contributed by atoms with E-state index in [2.05, 4.69) is 6.92 Å². The minimum Gasteiger partial charge on any atom is -0.379 e. The van der Waals surface area contributed by atoms with Gasteiger partial charge in [-0.3, -0.25) is 4.79 Å². The highest BCUT2D eigenvalue weighted by Crippen LogP contribution is 2.30. The van der Waals surface area contributed by atoms with Gasteiger partial charge < -0.3 is 9.64 Å². The van der Waals surface area contributed by atoms with Gasteiger partial charge in [0, 0.05) is 19.6 Å². The van der Waals surface area contributed by atoms with Crippen molar-refractivity contribution in [2.45, 2.75) is 45.1 Å². The molecule has 1 aliphatic carbocycles. The molecule has 0 aromatic heterocycles. The minimum absolute atomic E-state index is 0.279. The molecule has 0 bridgehead atoms. The molecule has 0 aromatic carbocycles. The van der Waals surface area contributed by atoms with Crippen LogP contribution in [0, 0.1) is 11.8 Å². The molecule has 0 spiro atoms. The fourth-order valence-corrected chi connectivity index (χ4v) is 2.80. The number of ether oxygens (including phenoxy) is 1. The fraction of sp³-hybridized carbons (Fsp3) is 0.923. The summed E-state index contributed by atoms with van der Waals surface area (Å²) in [6.07, 6.45) is 5.60. The van der Waals surface area contributed by atoms with Crippen LogP contribution in [0.2, 0.25) is 0 Å². The summed E-state index contributed by atoms with van der Waals surface area (Å²) in [6.45, 7) is 3.82. The van der Waals surface area contributed by atoms with Gasteiger partial charge in [-0.15, -0.1) is 0 Å². The van der Waals surface area contributed by atoms with Gasteiger partial charge in [-0.05, 0) is 38.0 Å². The quantitative estimate of drug-likeness (QED) is 0.720. The molecule has 0 aromatic rings. The van der Waals surface area contributed by atoms with Crippen molar-refractivity contribution in [1.29, 1.82) is 0 Å². The lowest BCUT2D eigenvalue weighted by molar-refractivity contribution is -0.137. The second-order valence-corrected chi connectivity index (χ2v) is 5.42. The van der Waals surface area contributed by atoms with Gasteiger partial charge in [-0.1, -0.05) is 6.92 Å². The molecule has 0 N–H and O–H groups in total. The maximum absolute atomic E-state index is 12.3. The van der Waals surface area contributed by atoms with Gasteiger partial charge >= 0.3 is 0 Å². The lowest BCUT2D eigenvalue weighted by atomic mass is 9.82. The maximum Gasteiger partial charge on any atom is 0.225 e. The van der Waals surface area contributed by atoms with Gasteiger partial charge in [0.1, 0.15) is 0 Å². The molecule has 1 aliphatic heterocycles. The number of hydrogen-bond donors (Lipinski definition) is 0. The van der Waals surface area contributed by atoms with Gasteiger partial charge in [0.15, 0.2) is 0 Å². The van der Waals surface area contributed by atoms with Crippen LogP contribution in [0.15, 0.2) is 0 Å². The highest BCUT2D eigenvalue weighted by atomic mass is 16.5. The van der Waals surface area contributed by atoms with Crippen LogP contribution in [0.3, 0.4) is 0 Å². The Morgan fingerprint density at radius 2 is 1.88 bits per heavy atom. The van der Waals surface area contributed by atoms with Crippen LogP contribution in [0.1, 0.15) is 39.0 Å². The molecule has 1 unspecified atom stereocenters. The average molecular weight is 225 g/mol. The summed E-state index contributed by atoms with van der Waals surface area (Å²) in [6, 6.07) is 0.326. The van der Waals surface area contributed by atoms with Crippen molar-refractivity contribution in [2.75, 3.05) is 20.3 Å². The monoisotopic (exact) mass is 225 g/mol. The molecule has 3 heteroatoms. The van der Waals surface area contributed by atoms with Crippen molar-refractivity contribution < 1.29 is 9.53 Å². The van der Waals surface area contributed by atoms with Crippen LogP contribution >= 0.6 is 0 Å². The van der Waals surface area contributed by atoms with E-state index in [4.69, 9.17) is 4.74 Å². The van der Waals surface area contributed by atoms with Crippen molar-refractivity contribution >= 4 is 5.91 Å². The van der Waals surface area contributed by atoms with Crippen LogP contribution < -0.4 is 0 Å². The summed E-state index contributed by atoms with van der Waals surface area (Å²) in [5.74, 6) is 1.44. The van der Waals surface area contributed by atoms with E-state index < -0.39 is 0 Å². The minimum atomic E-state index is 0.279. The molecule has 16 heavy (non-hydrogen) atoms. The molecule has 2 aliphatic rings. The van der Waals surface area contributed by atoms with E-state index in [1.54, 1.807) is 0 Å². The Morgan fingerprint density at radius 3 is 2.44 bits per heavy atom. The Balaban J connectivity index is 1.86. The summed E-state index contributed by atoms with van der Waals surface area (Å²) >= 11 is 0. The van der Waals surface area contributed by atoms with Gasteiger partial charge in [0.25, 0.3) is 0 Å². The van der Waals surface area contributed by atoms with Crippen molar-refractivity contribution in [3.05, 3.63) is 0 Å². The van der Waals surface area contributed by atoms with Crippen molar-refractivity contribution in [3.63, 3.8) is 0 Å². The highest BCUT2D eigenvalue weighted by Gasteiger charge is 2.31. The predicted molar refractivity (Wildman–Crippen MR) is 63.1 cm³/mol. The van der Waals surface area contributed by atoms with Crippen LogP contribution in [0.5, 0.6) is 0 Å². The van der Waals surface area contributed by atoms with Gasteiger partial charge in [0.05, 0.1) is 12.6 Å². The first-order chi connectivity index (χ1) is 7.68. The number of likely N-dealkylation sites (N-methyl/N-ethyl adjacent to an activating group) is 1. The number of nitrogens with zero attached hydrogens (tertiary/aromatic N) is 1. The van der Waals surface area contributed by atoms with E-state index >= 15 is 0 Å². The second-order valence-electron chi connectivity index (χ2n) is 5.42. The SMILES string of the molecule is CC1CCC(C(=O)N(C)C2CCOC2)CC1. The zero-order chi connectivity index (χ0) is 11.5. The molecule has 1 heterocycles. The molecule has 0 radical (unpaired) electrons. The summed E-state index contributed by atoms with van der Waals surface area (Å²) in [5.41, 5.74) is 0. The van der Waals surface area contributed by atoms with Gasteiger partial charge in [0.2, 0.25) is 5.91 Å². The summed E-state index contributed by atoms with van der Waals surface area (Å²) < 4.78 is 5.34. The van der Waals surface area contributed by atoms with Gasteiger partial charge in [-0.2, -0.15) is 0 Å². The average Bonchev–Trinajstić information content (AvgIpc) is 2.81. The first-order valence-corrected chi connectivity index (χ1v) is 6.53. The zero-order valence-corrected chi connectivity index (χ0v) is 10.4. The van der Waals surface area contributed by atoms with Gasteiger partial charge in [-0.25, -0.2) is 0 Å². The molecular formula is C13H23NO2. The molecule has 92 valence electrons. The van der Waals surface area contributed by atoms with Crippen LogP contribution in [0.25, 0.3) is 0 Å². The molecular weight excluding hydrogens is 202 g/mol. The second kappa shape index (κ2) is 5.17. The smallest absolute Gasteiger partial charge is 0.225 e. The number of hydrogen-bond acceptors (Lipinski definition) is 2. The van der Waals surface area contributed by atoms with Crippen molar-refractivity contribution in [3.8, 4) is 0 Å². The van der Waals surface area contributed by atoms with Crippen molar-refractivity contribution in [2.24, 2.45) is 11.8 Å². The van der Waals surface area contributed by atoms with E-state index in [1.807, 2.05) is 11.9 Å². The highest BCUT2D eigenvalue weighted by molar-refractivity contribution is 5.79. The number of carbonyl (C=O) groups is 1. The molecule has 1 amide bonds. The topological polar surface area (TPSA) is 29.5 Å². The van der Waals surface area contributed by atoms with Crippen LogP contribution in [0.4, 0.5) is 0 Å². The summed E-state index contributed by atoms with van der Waals surface area (Å²) in [4.78, 5) is 14.2. The molecule has 3 nitrogen and oxygen atoms in total.